The van der Waals surface area contributed by atoms with E-state index in [1.165, 1.54) is 89.6 Å². The Hall–Kier alpha value is -4.34. The molecule has 9 heteroatoms. The number of hydrogen-bond acceptors (Lipinski definition) is 8. The average Bonchev–Trinajstić information content (AvgIpc) is 2.97. The van der Waals surface area contributed by atoms with Gasteiger partial charge in [0.25, 0.3) is 0 Å². The summed E-state index contributed by atoms with van der Waals surface area (Å²) in [7, 11) is 8.23. The summed E-state index contributed by atoms with van der Waals surface area (Å²) in [6, 6.07) is 13.2. The average molecular weight is 589 g/mol. The van der Waals surface area contributed by atoms with Crippen molar-refractivity contribution < 1.29 is 24.2 Å². The molecule has 2 aromatic carbocycles. The predicted octanol–water partition coefficient (Wildman–Crippen LogP) is 6.89. The van der Waals surface area contributed by atoms with Crippen LogP contribution in [0.3, 0.4) is 0 Å². The summed E-state index contributed by atoms with van der Waals surface area (Å²) in [4.78, 5) is 8.07. The van der Waals surface area contributed by atoms with Gasteiger partial charge in [-0.05, 0) is 43.5 Å². The van der Waals surface area contributed by atoms with Crippen molar-refractivity contribution in [2.24, 2.45) is 9.98 Å². The van der Waals surface area contributed by atoms with E-state index < -0.39 is 0 Å². The molecule has 43 heavy (non-hydrogen) atoms. The van der Waals surface area contributed by atoms with E-state index in [1.54, 1.807) is 24.3 Å². The molecule has 0 aliphatic carbocycles. The van der Waals surface area contributed by atoms with Gasteiger partial charge in [-0.25, -0.2) is 9.98 Å². The van der Waals surface area contributed by atoms with Gasteiger partial charge in [0.2, 0.25) is 0 Å². The van der Waals surface area contributed by atoms with Gasteiger partial charge < -0.3 is 24.2 Å². The van der Waals surface area contributed by atoms with Crippen LogP contribution >= 0.6 is 0 Å². The van der Waals surface area contributed by atoms with Crippen LogP contribution in [0.4, 0.5) is 0 Å². The van der Waals surface area contributed by atoms with Gasteiger partial charge in [-0.3, -0.25) is 0 Å². The molecule has 0 unspecified atom stereocenters. The summed E-state index contributed by atoms with van der Waals surface area (Å²) in [6.45, 7) is 1.83. The van der Waals surface area contributed by atoms with Crippen molar-refractivity contribution in [2.45, 2.75) is 64.2 Å². The van der Waals surface area contributed by atoms with Gasteiger partial charge in [-0.1, -0.05) is 44.9 Å². The Kier molecular flexibility index (Phi) is 15.4. The summed E-state index contributed by atoms with van der Waals surface area (Å²) >= 11 is 0. The number of nitriles is 2. The number of unbranched alkanes of at least 4 members (excludes halogenated alkanes) is 9. The van der Waals surface area contributed by atoms with Gasteiger partial charge in [0.15, 0.2) is 11.4 Å². The molecule has 0 saturated heterocycles. The van der Waals surface area contributed by atoms with Crippen LogP contribution in [0.5, 0.6) is 23.0 Å². The Morgan fingerprint density at radius 1 is 0.721 bits per heavy atom. The van der Waals surface area contributed by atoms with E-state index >= 15 is 0 Å². The second-order valence-corrected chi connectivity index (χ2v) is 11.5. The minimum Gasteiger partial charge on any atom is -0.507 e. The number of aromatic hydroxyl groups is 2. The molecule has 0 bridgehead atoms. The van der Waals surface area contributed by atoms with Crippen molar-refractivity contribution in [2.75, 3.05) is 41.4 Å². The highest BCUT2D eigenvalue weighted by Crippen LogP contribution is 2.24. The van der Waals surface area contributed by atoms with Gasteiger partial charge in [0.1, 0.15) is 35.1 Å². The highest BCUT2D eigenvalue weighted by Gasteiger charge is 2.08. The SMILES string of the molecule is COc1ccc(C=N/C(C#N)=C(/C#N)N=Cc2ccc(OCCCCCCCCCCCC[N+](C)(C)C)cc2O)c(O)c1. The zero-order valence-corrected chi connectivity index (χ0v) is 26.1. The largest absolute Gasteiger partial charge is 0.507 e. The van der Waals surface area contributed by atoms with Gasteiger partial charge in [0, 0.05) is 35.7 Å². The first-order valence-electron chi connectivity index (χ1n) is 14.9. The first-order chi connectivity index (χ1) is 20.7. The standard InChI is InChI=1S/C34H45N5O4/c1-39(2,3)19-13-11-9-7-5-6-8-10-12-14-20-43-30-18-16-28(34(41)22-30)26-38-32(24-36)31(23-35)37-25-27-15-17-29(42-4)21-33(27)40/h15-18,21-22,25-26H,5-14,19-20H2,1-4H3,(H-,37,38,40,41)/p+1/b32-31-. The summed E-state index contributed by atoms with van der Waals surface area (Å²) in [5.74, 6) is 0.883. The lowest BCUT2D eigenvalue weighted by Gasteiger charge is -2.23. The molecule has 0 saturated carbocycles. The molecule has 0 spiro atoms. The summed E-state index contributed by atoms with van der Waals surface area (Å²) < 4.78 is 11.9. The van der Waals surface area contributed by atoms with Crippen LogP contribution in [-0.4, -0.2) is 68.5 Å². The van der Waals surface area contributed by atoms with Crippen LogP contribution in [0.25, 0.3) is 0 Å². The molecule has 2 aromatic rings. The van der Waals surface area contributed by atoms with Gasteiger partial charge in [-0.2, -0.15) is 10.5 Å². The van der Waals surface area contributed by atoms with E-state index in [2.05, 4.69) is 31.1 Å². The van der Waals surface area contributed by atoms with E-state index in [9.17, 15) is 20.7 Å². The maximum absolute atomic E-state index is 10.4. The zero-order valence-electron chi connectivity index (χ0n) is 26.1. The van der Waals surface area contributed by atoms with Crippen molar-refractivity contribution >= 4 is 12.4 Å². The van der Waals surface area contributed by atoms with Crippen LogP contribution in [0, 0.1) is 22.7 Å². The lowest BCUT2D eigenvalue weighted by molar-refractivity contribution is -0.870. The number of hydrogen-bond donors (Lipinski definition) is 2. The molecule has 9 nitrogen and oxygen atoms in total. The Morgan fingerprint density at radius 3 is 1.60 bits per heavy atom. The van der Waals surface area contributed by atoms with E-state index in [0.29, 0.717) is 29.2 Å². The van der Waals surface area contributed by atoms with E-state index in [0.717, 1.165) is 17.3 Å². The molecule has 0 radical (unpaired) electrons. The summed E-state index contributed by atoms with van der Waals surface area (Å²) in [5.41, 5.74) is 0.236. The number of allylic oxidation sites excluding steroid dienone is 2. The van der Waals surface area contributed by atoms with Crippen molar-refractivity contribution in [3.8, 4) is 35.1 Å². The number of nitrogens with zero attached hydrogens (tertiary/aromatic N) is 5. The van der Waals surface area contributed by atoms with E-state index in [4.69, 9.17) is 9.47 Å². The Bertz CT molecular complexity index is 1330. The smallest absolute Gasteiger partial charge is 0.176 e. The molecule has 0 fully saturated rings. The third kappa shape index (κ3) is 13.9. The molecule has 0 amide bonds. The lowest BCUT2D eigenvalue weighted by Crippen LogP contribution is -2.35. The second kappa shape index (κ2) is 19.0. The second-order valence-electron chi connectivity index (χ2n) is 11.5. The van der Waals surface area contributed by atoms with Crippen molar-refractivity contribution in [3.05, 3.63) is 58.9 Å². The molecule has 0 heterocycles. The van der Waals surface area contributed by atoms with Crippen molar-refractivity contribution in [3.63, 3.8) is 0 Å². The normalized spacial score (nSPS) is 12.2. The number of aliphatic imine (C=N–C) groups is 2. The fourth-order valence-corrected chi connectivity index (χ4v) is 4.33. The van der Waals surface area contributed by atoms with Gasteiger partial charge in [0.05, 0.1) is 41.4 Å². The number of phenolic OH excluding ortho intramolecular Hbond substituents is 2. The fraction of sp³-hybridized carbons (Fsp3) is 0.471. The lowest BCUT2D eigenvalue weighted by atomic mass is 10.1. The molecular weight excluding hydrogens is 542 g/mol. The van der Waals surface area contributed by atoms with Crippen LogP contribution in [0.15, 0.2) is 57.8 Å². The maximum Gasteiger partial charge on any atom is 0.176 e. The topological polar surface area (TPSA) is 131 Å². The monoisotopic (exact) mass is 588 g/mol. The molecule has 2 rings (SSSR count). The maximum atomic E-state index is 10.4. The number of methoxy groups -OCH3 is 1. The predicted molar refractivity (Wildman–Crippen MR) is 171 cm³/mol. The van der Waals surface area contributed by atoms with Gasteiger partial charge >= 0.3 is 0 Å². The fourth-order valence-electron chi connectivity index (χ4n) is 4.33. The molecular formula is C34H46N5O4+. The molecule has 0 aliphatic rings. The highest BCUT2D eigenvalue weighted by atomic mass is 16.5. The minimum absolute atomic E-state index is 0.0545. The van der Waals surface area contributed by atoms with E-state index in [1.807, 2.05) is 12.1 Å². The first kappa shape index (κ1) is 34.9. The molecule has 2 N–H and O–H groups in total. The molecule has 0 atom stereocenters. The molecule has 230 valence electrons. The van der Waals surface area contributed by atoms with Gasteiger partial charge in [-0.15, -0.1) is 0 Å². The summed E-state index contributed by atoms with van der Waals surface area (Å²) in [5, 5.41) is 39.5. The number of benzene rings is 2. The van der Waals surface area contributed by atoms with E-state index in [-0.39, 0.29) is 22.9 Å². The Labute approximate surface area is 256 Å². The Morgan fingerprint density at radius 2 is 1.16 bits per heavy atom. The third-order valence-electron chi connectivity index (χ3n) is 6.83. The van der Waals surface area contributed by atoms with Crippen LogP contribution in [-0.2, 0) is 0 Å². The van der Waals surface area contributed by atoms with Crippen LogP contribution in [0.2, 0.25) is 0 Å². The first-order valence-corrected chi connectivity index (χ1v) is 14.9. The van der Waals surface area contributed by atoms with Crippen LogP contribution < -0.4 is 9.47 Å². The number of ether oxygens (including phenoxy) is 2. The number of rotatable bonds is 19. The molecule has 0 aromatic heterocycles. The number of phenols is 2. The minimum atomic E-state index is -0.237. The quantitative estimate of drug-likeness (QED) is 0.0795. The highest BCUT2D eigenvalue weighted by molar-refractivity contribution is 5.86. The molecule has 0 aliphatic heterocycles. The number of quaternary nitrogens is 1. The summed E-state index contributed by atoms with van der Waals surface area (Å²) in [6.07, 6.45) is 15.0. The van der Waals surface area contributed by atoms with Crippen molar-refractivity contribution in [1.82, 2.24) is 0 Å². The Balaban J connectivity index is 1.76. The van der Waals surface area contributed by atoms with Crippen LogP contribution in [0.1, 0.15) is 75.3 Å². The zero-order chi connectivity index (χ0) is 31.5. The third-order valence-corrected chi connectivity index (χ3v) is 6.83. The van der Waals surface area contributed by atoms with Crippen molar-refractivity contribution in [1.29, 1.82) is 10.5 Å².